The highest BCUT2D eigenvalue weighted by molar-refractivity contribution is 5.80. The van der Waals surface area contributed by atoms with Gasteiger partial charge in [-0.3, -0.25) is 9.89 Å². The zero-order valence-electron chi connectivity index (χ0n) is 20.0. The van der Waals surface area contributed by atoms with Gasteiger partial charge in [0.1, 0.15) is 0 Å². The van der Waals surface area contributed by atoms with Gasteiger partial charge in [-0.05, 0) is 36.6 Å². The van der Waals surface area contributed by atoms with Crippen molar-refractivity contribution in [1.29, 1.82) is 0 Å². The average molecular weight is 441 g/mol. The van der Waals surface area contributed by atoms with Crippen LogP contribution < -0.4 is 19.5 Å². The third-order valence-corrected chi connectivity index (χ3v) is 5.79. The normalized spacial score (nSPS) is 14.9. The van der Waals surface area contributed by atoms with Gasteiger partial charge in [0.25, 0.3) is 0 Å². The molecule has 2 aromatic carbocycles. The second-order valence-electron chi connectivity index (χ2n) is 8.01. The SMILES string of the molecule is CN=C(NCCc1cccc(C)c1)N1CCN(Cc2cc(OC)c(OC)c(OC)c2)CC1. The monoisotopic (exact) mass is 440 g/mol. The number of rotatable bonds is 8. The maximum atomic E-state index is 5.49. The summed E-state index contributed by atoms with van der Waals surface area (Å²) in [7, 11) is 6.78. The van der Waals surface area contributed by atoms with Gasteiger partial charge in [0.05, 0.1) is 21.3 Å². The summed E-state index contributed by atoms with van der Waals surface area (Å²) in [5.41, 5.74) is 3.80. The second kappa shape index (κ2) is 11.6. The fraction of sp³-hybridized carbons (Fsp3) is 0.480. The number of aliphatic imine (C=N–C) groups is 1. The summed E-state index contributed by atoms with van der Waals surface area (Å²) in [6.07, 6.45) is 0.988. The minimum absolute atomic E-state index is 0.629. The molecule has 3 rings (SSSR count). The number of hydrogen-bond donors (Lipinski definition) is 1. The van der Waals surface area contributed by atoms with Crippen LogP contribution in [0.25, 0.3) is 0 Å². The highest BCUT2D eigenvalue weighted by Crippen LogP contribution is 2.38. The summed E-state index contributed by atoms with van der Waals surface area (Å²) in [6, 6.07) is 12.7. The van der Waals surface area contributed by atoms with Crippen LogP contribution in [0.3, 0.4) is 0 Å². The van der Waals surface area contributed by atoms with E-state index in [9.17, 15) is 0 Å². The topological polar surface area (TPSA) is 58.6 Å². The van der Waals surface area contributed by atoms with Crippen molar-refractivity contribution in [2.75, 3.05) is 61.1 Å². The maximum Gasteiger partial charge on any atom is 0.203 e. The molecule has 1 saturated heterocycles. The van der Waals surface area contributed by atoms with Gasteiger partial charge in [0.2, 0.25) is 5.75 Å². The van der Waals surface area contributed by atoms with E-state index in [1.807, 2.05) is 19.2 Å². The number of guanidine groups is 1. The molecule has 2 aromatic rings. The first-order chi connectivity index (χ1) is 15.6. The molecule has 0 bridgehead atoms. The second-order valence-corrected chi connectivity index (χ2v) is 8.01. The van der Waals surface area contributed by atoms with Gasteiger partial charge in [-0.25, -0.2) is 0 Å². The molecule has 0 amide bonds. The van der Waals surface area contributed by atoms with E-state index in [0.29, 0.717) is 17.2 Å². The number of ether oxygens (including phenoxy) is 3. The third kappa shape index (κ3) is 6.07. The Bertz CT molecular complexity index is 883. The molecule has 0 saturated carbocycles. The molecule has 1 aliphatic rings. The Kier molecular flexibility index (Phi) is 8.62. The minimum Gasteiger partial charge on any atom is -0.493 e. The molecule has 0 radical (unpaired) electrons. The Balaban J connectivity index is 1.51. The van der Waals surface area contributed by atoms with Crippen LogP contribution in [0.1, 0.15) is 16.7 Å². The standard InChI is InChI=1S/C25H36N4O3/c1-19-7-6-8-20(15-19)9-10-27-25(26-2)29-13-11-28(12-14-29)18-21-16-22(30-3)24(32-5)23(17-21)31-4/h6-8,15-17H,9-14,18H2,1-5H3,(H,26,27). The molecule has 174 valence electrons. The molecule has 0 aromatic heterocycles. The Labute approximate surface area is 192 Å². The van der Waals surface area contributed by atoms with E-state index in [0.717, 1.165) is 57.2 Å². The highest BCUT2D eigenvalue weighted by Gasteiger charge is 2.21. The molecule has 1 aliphatic heterocycles. The van der Waals surface area contributed by atoms with Gasteiger partial charge < -0.3 is 24.4 Å². The largest absolute Gasteiger partial charge is 0.493 e. The van der Waals surface area contributed by atoms with E-state index < -0.39 is 0 Å². The number of piperazine rings is 1. The van der Waals surface area contributed by atoms with Crippen LogP contribution in [0.5, 0.6) is 17.2 Å². The van der Waals surface area contributed by atoms with Crippen LogP contribution in [0.4, 0.5) is 0 Å². The van der Waals surface area contributed by atoms with Gasteiger partial charge in [-0.15, -0.1) is 0 Å². The lowest BCUT2D eigenvalue weighted by Crippen LogP contribution is -2.52. The van der Waals surface area contributed by atoms with Crippen molar-refractivity contribution in [1.82, 2.24) is 15.1 Å². The first-order valence-corrected chi connectivity index (χ1v) is 11.1. The Morgan fingerprint density at radius 1 is 0.938 bits per heavy atom. The summed E-state index contributed by atoms with van der Waals surface area (Å²) in [5, 5.41) is 3.52. The number of aryl methyl sites for hydroxylation is 1. The van der Waals surface area contributed by atoms with Crippen LogP contribution in [-0.2, 0) is 13.0 Å². The van der Waals surface area contributed by atoms with E-state index in [1.165, 1.54) is 11.1 Å². The summed E-state index contributed by atoms with van der Waals surface area (Å²) in [6.45, 7) is 7.66. The molecule has 0 unspecified atom stereocenters. The molecule has 0 aliphatic carbocycles. The Morgan fingerprint density at radius 3 is 2.19 bits per heavy atom. The van der Waals surface area contributed by atoms with Crippen molar-refractivity contribution in [3.63, 3.8) is 0 Å². The number of nitrogens with zero attached hydrogens (tertiary/aromatic N) is 3. The van der Waals surface area contributed by atoms with E-state index in [2.05, 4.69) is 51.3 Å². The van der Waals surface area contributed by atoms with Gasteiger partial charge in [-0.2, -0.15) is 0 Å². The lowest BCUT2D eigenvalue weighted by molar-refractivity contribution is 0.172. The number of methoxy groups -OCH3 is 3. The van der Waals surface area contributed by atoms with Crippen LogP contribution in [0.2, 0.25) is 0 Å². The quantitative estimate of drug-likeness (QED) is 0.503. The summed E-state index contributed by atoms with van der Waals surface area (Å²) < 4.78 is 16.4. The summed E-state index contributed by atoms with van der Waals surface area (Å²) in [4.78, 5) is 9.28. The number of hydrogen-bond acceptors (Lipinski definition) is 5. The van der Waals surface area contributed by atoms with Crippen molar-refractivity contribution in [3.05, 3.63) is 53.1 Å². The molecule has 32 heavy (non-hydrogen) atoms. The molecule has 0 spiro atoms. The lowest BCUT2D eigenvalue weighted by atomic mass is 10.1. The maximum absolute atomic E-state index is 5.49. The molecular weight excluding hydrogens is 404 g/mol. The van der Waals surface area contributed by atoms with Crippen molar-refractivity contribution in [3.8, 4) is 17.2 Å². The van der Waals surface area contributed by atoms with Gasteiger partial charge >= 0.3 is 0 Å². The first kappa shape index (κ1) is 23.7. The molecular formula is C25H36N4O3. The molecule has 1 N–H and O–H groups in total. The fourth-order valence-electron chi connectivity index (χ4n) is 4.12. The number of nitrogens with one attached hydrogen (secondary N) is 1. The van der Waals surface area contributed by atoms with Crippen molar-refractivity contribution >= 4 is 5.96 Å². The van der Waals surface area contributed by atoms with E-state index in [-0.39, 0.29) is 0 Å². The van der Waals surface area contributed by atoms with Crippen molar-refractivity contribution in [2.45, 2.75) is 19.9 Å². The molecule has 7 heteroatoms. The smallest absolute Gasteiger partial charge is 0.203 e. The van der Waals surface area contributed by atoms with Crippen LogP contribution >= 0.6 is 0 Å². The van der Waals surface area contributed by atoms with E-state index >= 15 is 0 Å². The highest BCUT2D eigenvalue weighted by atomic mass is 16.5. The van der Waals surface area contributed by atoms with Crippen molar-refractivity contribution < 1.29 is 14.2 Å². The Morgan fingerprint density at radius 2 is 1.62 bits per heavy atom. The van der Waals surface area contributed by atoms with Crippen LogP contribution in [0.15, 0.2) is 41.4 Å². The molecule has 1 fully saturated rings. The van der Waals surface area contributed by atoms with Gasteiger partial charge in [0, 0.05) is 46.3 Å². The fourth-order valence-corrected chi connectivity index (χ4v) is 4.12. The number of benzene rings is 2. The predicted molar refractivity (Wildman–Crippen MR) is 129 cm³/mol. The molecule has 1 heterocycles. The molecule has 0 atom stereocenters. The average Bonchev–Trinajstić information content (AvgIpc) is 2.82. The zero-order chi connectivity index (χ0) is 22.9. The van der Waals surface area contributed by atoms with Crippen molar-refractivity contribution in [2.24, 2.45) is 4.99 Å². The Hall–Kier alpha value is -2.93. The van der Waals surface area contributed by atoms with E-state index in [1.54, 1.807) is 21.3 Å². The van der Waals surface area contributed by atoms with E-state index in [4.69, 9.17) is 14.2 Å². The van der Waals surface area contributed by atoms with Crippen LogP contribution in [-0.4, -0.2) is 76.9 Å². The van der Waals surface area contributed by atoms with Crippen LogP contribution in [0, 0.1) is 6.92 Å². The zero-order valence-corrected chi connectivity index (χ0v) is 20.0. The van der Waals surface area contributed by atoms with Gasteiger partial charge in [0.15, 0.2) is 17.5 Å². The lowest BCUT2D eigenvalue weighted by Gasteiger charge is -2.36. The molecule has 7 nitrogen and oxygen atoms in total. The summed E-state index contributed by atoms with van der Waals surface area (Å²) in [5.74, 6) is 2.99. The minimum atomic E-state index is 0.629. The summed E-state index contributed by atoms with van der Waals surface area (Å²) >= 11 is 0. The third-order valence-electron chi connectivity index (χ3n) is 5.79. The van der Waals surface area contributed by atoms with Gasteiger partial charge in [-0.1, -0.05) is 29.8 Å². The predicted octanol–water partition coefficient (Wildman–Crippen LogP) is 2.96. The first-order valence-electron chi connectivity index (χ1n) is 11.1.